The molecule has 2 aromatic rings. The van der Waals surface area contributed by atoms with Gasteiger partial charge in [-0.15, -0.1) is 0 Å². The van der Waals surface area contributed by atoms with Crippen LogP contribution in [-0.4, -0.2) is 16.9 Å². The Bertz CT molecular complexity index is 908. The van der Waals surface area contributed by atoms with Crippen molar-refractivity contribution in [2.75, 3.05) is 5.32 Å². The number of hydrogen-bond acceptors (Lipinski definition) is 4. The van der Waals surface area contributed by atoms with Crippen molar-refractivity contribution >= 4 is 23.4 Å². The Morgan fingerprint density at radius 1 is 1.21 bits per heavy atom. The van der Waals surface area contributed by atoms with Crippen LogP contribution in [0.3, 0.4) is 0 Å². The number of nitrogens with zero attached hydrogens (tertiary/aromatic N) is 1. The number of anilines is 1. The highest BCUT2D eigenvalue weighted by Crippen LogP contribution is 2.35. The molecule has 0 heterocycles. The average Bonchev–Trinajstić information content (AvgIpc) is 2.60. The molecule has 2 rings (SSSR count). The van der Waals surface area contributed by atoms with Crippen molar-refractivity contribution in [1.82, 2.24) is 0 Å². The lowest BCUT2D eigenvalue weighted by atomic mass is 10.1. The van der Waals surface area contributed by atoms with Crippen molar-refractivity contribution < 1.29 is 27.6 Å². The van der Waals surface area contributed by atoms with E-state index in [4.69, 9.17) is 4.74 Å². The number of nitrogens with one attached hydrogen (secondary N) is 1. The van der Waals surface area contributed by atoms with Gasteiger partial charge < -0.3 is 10.1 Å². The second kappa shape index (κ2) is 8.55. The third kappa shape index (κ3) is 5.83. The molecule has 1 amide bonds. The van der Waals surface area contributed by atoms with Gasteiger partial charge in [-0.2, -0.15) is 13.2 Å². The van der Waals surface area contributed by atoms with Gasteiger partial charge in [0.25, 0.3) is 5.69 Å². The summed E-state index contributed by atoms with van der Waals surface area (Å²) in [6, 6.07) is 8.37. The van der Waals surface area contributed by atoms with Gasteiger partial charge in [-0.1, -0.05) is 12.1 Å². The molecule has 0 saturated carbocycles. The lowest BCUT2D eigenvalue weighted by Crippen LogP contribution is -2.14. The van der Waals surface area contributed by atoms with Gasteiger partial charge in [0.2, 0.25) is 5.91 Å². The summed E-state index contributed by atoms with van der Waals surface area (Å²) in [5, 5.41) is 13.1. The molecule has 2 aromatic carbocycles. The third-order valence-corrected chi connectivity index (χ3v) is 3.44. The van der Waals surface area contributed by atoms with Gasteiger partial charge in [0.1, 0.15) is 5.75 Å². The minimum Gasteiger partial charge on any atom is -0.489 e. The van der Waals surface area contributed by atoms with Gasteiger partial charge in [0, 0.05) is 18.2 Å². The highest BCUT2D eigenvalue weighted by atomic mass is 19.4. The molecule has 0 aliphatic heterocycles. The fraction of sp³-hybridized carbons (Fsp3) is 0.211. The predicted octanol–water partition coefficient (Wildman–Crippen LogP) is 5.05. The molecule has 0 unspecified atom stereocenters. The predicted molar refractivity (Wildman–Crippen MR) is 98.0 cm³/mol. The Balaban J connectivity index is 2.24. The highest BCUT2D eigenvalue weighted by Gasteiger charge is 2.31. The highest BCUT2D eigenvalue weighted by molar-refractivity contribution is 6.02. The van der Waals surface area contributed by atoms with Crippen LogP contribution >= 0.6 is 0 Å². The summed E-state index contributed by atoms with van der Waals surface area (Å²) in [6.07, 6.45) is -2.50. The molecule has 0 saturated heterocycles. The maximum Gasteiger partial charge on any atom is 0.416 e. The topological polar surface area (TPSA) is 81.5 Å². The molecule has 28 heavy (non-hydrogen) atoms. The molecule has 0 aliphatic carbocycles. The molecular weight excluding hydrogens is 377 g/mol. The van der Waals surface area contributed by atoms with E-state index >= 15 is 0 Å². The smallest absolute Gasteiger partial charge is 0.416 e. The van der Waals surface area contributed by atoms with E-state index in [1.807, 2.05) is 0 Å². The van der Waals surface area contributed by atoms with Crippen molar-refractivity contribution in [2.24, 2.45) is 0 Å². The fourth-order valence-corrected chi connectivity index (χ4v) is 2.25. The summed E-state index contributed by atoms with van der Waals surface area (Å²) < 4.78 is 44.3. The van der Waals surface area contributed by atoms with Gasteiger partial charge in [0.05, 0.1) is 22.3 Å². The van der Waals surface area contributed by atoms with Crippen LogP contribution < -0.4 is 10.1 Å². The Labute approximate surface area is 158 Å². The summed E-state index contributed by atoms with van der Waals surface area (Å²) in [4.78, 5) is 22.3. The van der Waals surface area contributed by atoms with Gasteiger partial charge in [0.15, 0.2) is 0 Å². The minimum atomic E-state index is -4.57. The summed E-state index contributed by atoms with van der Waals surface area (Å²) in [5.41, 5.74) is -0.807. The van der Waals surface area contributed by atoms with Gasteiger partial charge in [-0.3, -0.25) is 14.9 Å². The molecule has 0 bridgehead atoms. The van der Waals surface area contributed by atoms with Crippen LogP contribution in [0.25, 0.3) is 6.08 Å². The zero-order valence-electron chi connectivity index (χ0n) is 15.0. The molecule has 0 fully saturated rings. The second-order valence-corrected chi connectivity index (χ2v) is 6.05. The number of benzene rings is 2. The van der Waals surface area contributed by atoms with Crippen molar-refractivity contribution in [3.05, 3.63) is 69.8 Å². The first kappa shape index (κ1) is 20.9. The van der Waals surface area contributed by atoms with Crippen LogP contribution in [-0.2, 0) is 11.0 Å². The molecule has 6 nitrogen and oxygen atoms in total. The SMILES string of the molecule is CC(C)Oc1ccc(C(F)(F)F)cc1NC(=O)/C=C/c1cccc([N+](=O)[O-])c1. The zero-order valence-corrected chi connectivity index (χ0v) is 15.0. The van der Waals surface area contributed by atoms with E-state index in [2.05, 4.69) is 5.32 Å². The van der Waals surface area contributed by atoms with E-state index in [0.29, 0.717) is 5.56 Å². The van der Waals surface area contributed by atoms with Crippen LogP contribution in [0.4, 0.5) is 24.5 Å². The molecule has 0 aliphatic rings. The average molecular weight is 394 g/mol. The van der Waals surface area contributed by atoms with E-state index < -0.39 is 22.6 Å². The largest absolute Gasteiger partial charge is 0.489 e. The standard InChI is InChI=1S/C19H17F3N2O4/c1-12(2)28-17-8-7-14(19(20,21)22)11-16(17)23-18(25)9-6-13-4-3-5-15(10-13)24(26)27/h3-12H,1-2H3,(H,23,25)/b9-6+. The first-order valence-corrected chi connectivity index (χ1v) is 8.17. The fourth-order valence-electron chi connectivity index (χ4n) is 2.25. The Hall–Kier alpha value is -3.36. The normalized spacial score (nSPS) is 11.6. The first-order chi connectivity index (χ1) is 13.1. The molecule has 0 radical (unpaired) electrons. The Morgan fingerprint density at radius 3 is 2.54 bits per heavy atom. The van der Waals surface area contributed by atoms with E-state index in [1.165, 1.54) is 24.3 Å². The molecule has 0 aromatic heterocycles. The van der Waals surface area contributed by atoms with Crippen molar-refractivity contribution in [3.63, 3.8) is 0 Å². The number of non-ortho nitro benzene ring substituents is 1. The van der Waals surface area contributed by atoms with Crippen LogP contribution in [0, 0.1) is 10.1 Å². The van der Waals surface area contributed by atoms with Gasteiger partial charge in [-0.25, -0.2) is 0 Å². The van der Waals surface area contributed by atoms with E-state index in [9.17, 15) is 28.1 Å². The number of ether oxygens (including phenoxy) is 1. The van der Waals surface area contributed by atoms with Crippen LogP contribution in [0.5, 0.6) is 5.75 Å². The first-order valence-electron chi connectivity index (χ1n) is 8.17. The summed E-state index contributed by atoms with van der Waals surface area (Å²) in [5.74, 6) is -0.612. The summed E-state index contributed by atoms with van der Waals surface area (Å²) in [6.45, 7) is 3.40. The Morgan fingerprint density at radius 2 is 1.93 bits per heavy atom. The molecule has 0 atom stereocenters. The maximum atomic E-state index is 12.9. The quantitative estimate of drug-likeness (QED) is 0.422. The van der Waals surface area contributed by atoms with Gasteiger partial charge >= 0.3 is 6.18 Å². The van der Waals surface area contributed by atoms with Crippen molar-refractivity contribution in [2.45, 2.75) is 26.1 Å². The number of amides is 1. The summed E-state index contributed by atoms with van der Waals surface area (Å²) >= 11 is 0. The Kier molecular flexibility index (Phi) is 6.40. The second-order valence-electron chi connectivity index (χ2n) is 6.05. The van der Waals surface area contributed by atoms with E-state index in [1.54, 1.807) is 19.9 Å². The lowest BCUT2D eigenvalue weighted by Gasteiger charge is -2.16. The van der Waals surface area contributed by atoms with Crippen LogP contribution in [0.2, 0.25) is 0 Å². The number of hydrogen-bond donors (Lipinski definition) is 1. The molecule has 148 valence electrons. The lowest BCUT2D eigenvalue weighted by molar-refractivity contribution is -0.384. The maximum absolute atomic E-state index is 12.9. The number of carbonyl (C=O) groups excluding carboxylic acids is 1. The van der Waals surface area contributed by atoms with Crippen LogP contribution in [0.15, 0.2) is 48.5 Å². The molecular formula is C19H17F3N2O4. The van der Waals surface area contributed by atoms with Crippen molar-refractivity contribution in [3.8, 4) is 5.75 Å². The number of rotatable bonds is 6. The van der Waals surface area contributed by atoms with Gasteiger partial charge in [-0.05, 0) is 43.7 Å². The summed E-state index contributed by atoms with van der Waals surface area (Å²) in [7, 11) is 0. The van der Waals surface area contributed by atoms with Crippen molar-refractivity contribution in [1.29, 1.82) is 0 Å². The number of halogens is 3. The number of carbonyl (C=O) groups is 1. The molecule has 9 heteroatoms. The molecule has 1 N–H and O–H groups in total. The van der Waals surface area contributed by atoms with E-state index in [0.717, 1.165) is 24.3 Å². The zero-order chi connectivity index (χ0) is 20.9. The number of alkyl halides is 3. The number of nitro benzene ring substituents is 1. The monoisotopic (exact) mass is 394 g/mol. The third-order valence-electron chi connectivity index (χ3n) is 3.44. The minimum absolute atomic E-state index is 0.0973. The van der Waals surface area contributed by atoms with E-state index in [-0.39, 0.29) is 23.2 Å². The van der Waals surface area contributed by atoms with Crippen LogP contribution in [0.1, 0.15) is 25.0 Å². The number of nitro groups is 1. The molecule has 0 spiro atoms.